The number of hydrogen-bond donors (Lipinski definition) is 1. The summed E-state index contributed by atoms with van der Waals surface area (Å²) in [5, 5.41) is 3.02. The molecule has 6 heteroatoms. The number of fused-ring (bicyclic) bond motifs is 1. The number of ether oxygens (including phenoxy) is 1. The van der Waals surface area contributed by atoms with Crippen molar-refractivity contribution in [1.82, 2.24) is 10.3 Å². The maximum atomic E-state index is 13.0. The molecular weight excluding hydrogens is 306 g/mol. The van der Waals surface area contributed by atoms with Crippen LogP contribution in [0, 0.1) is 0 Å². The molecule has 1 aliphatic carbocycles. The molecule has 1 aliphatic heterocycles. The Labute approximate surface area is 142 Å². The highest BCUT2D eigenvalue weighted by molar-refractivity contribution is 6.16. The fourth-order valence-corrected chi connectivity index (χ4v) is 3.42. The molecule has 1 atom stereocenters. The Morgan fingerprint density at radius 1 is 1.38 bits per heavy atom. The summed E-state index contributed by atoms with van der Waals surface area (Å²) in [5.41, 5.74) is -1.56. The molecule has 1 N–H and O–H groups in total. The number of amides is 2. The van der Waals surface area contributed by atoms with Crippen LogP contribution in [0.3, 0.4) is 0 Å². The van der Waals surface area contributed by atoms with Crippen molar-refractivity contribution in [3.05, 3.63) is 18.3 Å². The standard InChI is InChI=1S/C18H25N3O3/c1-12(2)21-15-14(10-7-11-19-15)24-18(3,17(21)23)16(22)20-13-8-5-4-6-9-13/h7,10-13H,4-6,8-9H2,1-3H3,(H,20,22). The van der Waals surface area contributed by atoms with Crippen molar-refractivity contribution >= 4 is 17.6 Å². The van der Waals surface area contributed by atoms with Crippen LogP contribution in [-0.2, 0) is 9.59 Å². The van der Waals surface area contributed by atoms with Crippen LogP contribution in [0.1, 0.15) is 52.9 Å². The van der Waals surface area contributed by atoms with Gasteiger partial charge in [-0.15, -0.1) is 0 Å². The van der Waals surface area contributed by atoms with Crippen LogP contribution in [0.5, 0.6) is 5.75 Å². The predicted molar refractivity (Wildman–Crippen MR) is 90.9 cm³/mol. The van der Waals surface area contributed by atoms with E-state index in [-0.39, 0.29) is 23.9 Å². The van der Waals surface area contributed by atoms with E-state index in [0.29, 0.717) is 11.6 Å². The third-order valence-electron chi connectivity index (χ3n) is 4.81. The molecule has 24 heavy (non-hydrogen) atoms. The van der Waals surface area contributed by atoms with Gasteiger partial charge in [-0.3, -0.25) is 14.5 Å². The average Bonchev–Trinajstić information content (AvgIpc) is 2.56. The summed E-state index contributed by atoms with van der Waals surface area (Å²) in [7, 11) is 0. The average molecular weight is 331 g/mol. The molecule has 1 unspecified atom stereocenters. The first-order chi connectivity index (χ1) is 11.4. The second-order valence-corrected chi connectivity index (χ2v) is 7.04. The van der Waals surface area contributed by atoms with Crippen LogP contribution in [0.4, 0.5) is 5.82 Å². The number of carbonyl (C=O) groups excluding carboxylic acids is 2. The third-order valence-corrected chi connectivity index (χ3v) is 4.81. The summed E-state index contributed by atoms with van der Waals surface area (Å²) in [6, 6.07) is 3.50. The van der Waals surface area contributed by atoms with E-state index in [1.54, 1.807) is 30.2 Å². The highest BCUT2D eigenvalue weighted by Crippen LogP contribution is 2.37. The molecule has 0 spiro atoms. The molecule has 1 fully saturated rings. The lowest BCUT2D eigenvalue weighted by atomic mass is 9.93. The van der Waals surface area contributed by atoms with Crippen LogP contribution >= 0.6 is 0 Å². The summed E-state index contributed by atoms with van der Waals surface area (Å²) in [4.78, 5) is 31.7. The number of nitrogens with one attached hydrogen (secondary N) is 1. The number of rotatable bonds is 3. The van der Waals surface area contributed by atoms with Crippen molar-refractivity contribution in [1.29, 1.82) is 0 Å². The van der Waals surface area contributed by atoms with E-state index in [1.807, 2.05) is 13.8 Å². The quantitative estimate of drug-likeness (QED) is 0.864. The normalized spacial score (nSPS) is 24.5. The maximum Gasteiger partial charge on any atom is 0.282 e. The highest BCUT2D eigenvalue weighted by atomic mass is 16.5. The molecule has 2 heterocycles. The fraction of sp³-hybridized carbons (Fsp3) is 0.611. The Bertz CT molecular complexity index is 640. The summed E-state index contributed by atoms with van der Waals surface area (Å²) < 4.78 is 5.85. The van der Waals surface area contributed by atoms with E-state index >= 15 is 0 Å². The van der Waals surface area contributed by atoms with Gasteiger partial charge in [0.15, 0.2) is 11.6 Å². The third kappa shape index (κ3) is 2.85. The van der Waals surface area contributed by atoms with Crippen molar-refractivity contribution in [3.8, 4) is 5.75 Å². The van der Waals surface area contributed by atoms with E-state index in [2.05, 4.69) is 10.3 Å². The van der Waals surface area contributed by atoms with Gasteiger partial charge in [0.05, 0.1) is 0 Å². The number of anilines is 1. The van der Waals surface area contributed by atoms with E-state index < -0.39 is 5.60 Å². The molecular formula is C18H25N3O3. The Morgan fingerprint density at radius 3 is 2.75 bits per heavy atom. The summed E-state index contributed by atoms with van der Waals surface area (Å²) in [6.45, 7) is 5.36. The molecule has 1 aromatic rings. The first kappa shape index (κ1) is 16.7. The van der Waals surface area contributed by atoms with Crippen molar-refractivity contribution in [2.24, 2.45) is 0 Å². The van der Waals surface area contributed by atoms with Crippen molar-refractivity contribution < 1.29 is 14.3 Å². The van der Waals surface area contributed by atoms with Gasteiger partial charge < -0.3 is 10.1 Å². The van der Waals surface area contributed by atoms with Gasteiger partial charge in [-0.2, -0.15) is 0 Å². The van der Waals surface area contributed by atoms with E-state index in [4.69, 9.17) is 4.74 Å². The van der Waals surface area contributed by atoms with Crippen LogP contribution in [0.25, 0.3) is 0 Å². The van der Waals surface area contributed by atoms with Gasteiger partial charge in [-0.05, 0) is 45.7 Å². The lowest BCUT2D eigenvalue weighted by Crippen LogP contribution is -2.64. The molecule has 0 radical (unpaired) electrons. The minimum absolute atomic E-state index is 0.114. The van der Waals surface area contributed by atoms with Crippen LogP contribution in [0.15, 0.2) is 18.3 Å². The smallest absolute Gasteiger partial charge is 0.282 e. The van der Waals surface area contributed by atoms with Gasteiger partial charge in [0.2, 0.25) is 0 Å². The van der Waals surface area contributed by atoms with E-state index in [9.17, 15) is 9.59 Å². The van der Waals surface area contributed by atoms with Crippen LogP contribution < -0.4 is 15.0 Å². The topological polar surface area (TPSA) is 71.5 Å². The molecule has 2 amide bonds. The maximum absolute atomic E-state index is 13.0. The zero-order chi connectivity index (χ0) is 17.3. The lowest BCUT2D eigenvalue weighted by molar-refractivity contribution is -0.149. The van der Waals surface area contributed by atoms with Gasteiger partial charge in [-0.1, -0.05) is 19.3 Å². The number of aromatic nitrogens is 1. The zero-order valence-corrected chi connectivity index (χ0v) is 14.5. The van der Waals surface area contributed by atoms with Gasteiger partial charge in [0.25, 0.3) is 17.4 Å². The molecule has 1 aromatic heterocycles. The van der Waals surface area contributed by atoms with Crippen LogP contribution in [-0.4, -0.2) is 34.5 Å². The monoisotopic (exact) mass is 331 g/mol. The number of pyridine rings is 1. The second-order valence-electron chi connectivity index (χ2n) is 7.04. The summed E-state index contributed by atoms with van der Waals surface area (Å²) >= 11 is 0. The van der Waals surface area contributed by atoms with Gasteiger partial charge in [0, 0.05) is 18.3 Å². The Kier molecular flexibility index (Phi) is 4.47. The number of carbonyl (C=O) groups is 2. The van der Waals surface area contributed by atoms with E-state index in [0.717, 1.165) is 25.7 Å². The Morgan fingerprint density at radius 2 is 2.08 bits per heavy atom. The molecule has 2 aliphatic rings. The largest absolute Gasteiger partial charge is 0.464 e. The summed E-state index contributed by atoms with van der Waals surface area (Å²) in [5.74, 6) is 0.212. The number of nitrogens with zero attached hydrogens (tertiary/aromatic N) is 2. The molecule has 6 nitrogen and oxygen atoms in total. The Balaban J connectivity index is 1.89. The molecule has 1 saturated carbocycles. The highest BCUT2D eigenvalue weighted by Gasteiger charge is 2.52. The zero-order valence-electron chi connectivity index (χ0n) is 14.5. The van der Waals surface area contributed by atoms with Crippen LogP contribution in [0.2, 0.25) is 0 Å². The van der Waals surface area contributed by atoms with E-state index in [1.165, 1.54) is 6.42 Å². The Hall–Kier alpha value is -2.11. The van der Waals surface area contributed by atoms with Gasteiger partial charge in [0.1, 0.15) is 0 Å². The first-order valence-corrected chi connectivity index (χ1v) is 8.72. The second kappa shape index (κ2) is 6.42. The van der Waals surface area contributed by atoms with Crippen molar-refractivity contribution in [2.45, 2.75) is 70.6 Å². The predicted octanol–water partition coefficient (Wildman–Crippen LogP) is 2.42. The lowest BCUT2D eigenvalue weighted by Gasteiger charge is -2.41. The van der Waals surface area contributed by atoms with Gasteiger partial charge in [-0.25, -0.2) is 4.98 Å². The fourth-order valence-electron chi connectivity index (χ4n) is 3.42. The van der Waals surface area contributed by atoms with Crippen molar-refractivity contribution in [3.63, 3.8) is 0 Å². The molecule has 0 aromatic carbocycles. The first-order valence-electron chi connectivity index (χ1n) is 8.72. The molecule has 3 rings (SSSR count). The van der Waals surface area contributed by atoms with Crippen molar-refractivity contribution in [2.75, 3.05) is 4.90 Å². The molecule has 0 bridgehead atoms. The minimum atomic E-state index is -1.56. The summed E-state index contributed by atoms with van der Waals surface area (Å²) in [6.07, 6.45) is 6.97. The number of hydrogen-bond acceptors (Lipinski definition) is 4. The SMILES string of the molecule is CC(C)N1C(=O)C(C)(C(=O)NC2CCCCC2)Oc2cccnc21. The molecule has 130 valence electrons. The minimum Gasteiger partial charge on any atom is -0.464 e. The van der Waals surface area contributed by atoms with Gasteiger partial charge >= 0.3 is 0 Å². The molecule has 0 saturated heterocycles.